The van der Waals surface area contributed by atoms with Crippen molar-refractivity contribution in [2.75, 3.05) is 26.2 Å². The van der Waals surface area contributed by atoms with Crippen molar-refractivity contribution in [1.29, 1.82) is 0 Å². The highest BCUT2D eigenvalue weighted by atomic mass is 16.2. The van der Waals surface area contributed by atoms with Gasteiger partial charge in [-0.2, -0.15) is 0 Å². The van der Waals surface area contributed by atoms with E-state index < -0.39 is 0 Å². The summed E-state index contributed by atoms with van der Waals surface area (Å²) in [7, 11) is 0. The van der Waals surface area contributed by atoms with Gasteiger partial charge in [0.2, 0.25) is 5.91 Å². The zero-order valence-corrected chi connectivity index (χ0v) is 14.5. The summed E-state index contributed by atoms with van der Waals surface area (Å²) in [6.07, 6.45) is 6.39. The van der Waals surface area contributed by atoms with E-state index in [2.05, 4.69) is 50.3 Å². The van der Waals surface area contributed by atoms with Gasteiger partial charge >= 0.3 is 0 Å². The maximum Gasteiger partial charge on any atom is 0.225 e. The fraction of sp³-hybridized carbons (Fsp3) is 0.526. The van der Waals surface area contributed by atoms with Crippen molar-refractivity contribution >= 4 is 5.91 Å². The number of hydrogen-bond donors (Lipinski definition) is 0. The Morgan fingerprint density at radius 3 is 2.52 bits per heavy atom. The van der Waals surface area contributed by atoms with Gasteiger partial charge in [0, 0.05) is 44.7 Å². The molecule has 6 heteroatoms. The van der Waals surface area contributed by atoms with Crippen LogP contribution in [0.3, 0.4) is 0 Å². The van der Waals surface area contributed by atoms with Crippen LogP contribution in [0.4, 0.5) is 0 Å². The Balaban J connectivity index is 1.27. The van der Waals surface area contributed by atoms with Gasteiger partial charge in [-0.25, -0.2) is 0 Å². The molecule has 0 radical (unpaired) electrons. The number of carbonyl (C=O) groups excluding carboxylic acids is 1. The summed E-state index contributed by atoms with van der Waals surface area (Å²) >= 11 is 0. The second-order valence-corrected chi connectivity index (χ2v) is 7.17. The van der Waals surface area contributed by atoms with E-state index in [-0.39, 0.29) is 5.92 Å². The van der Waals surface area contributed by atoms with Crippen molar-refractivity contribution in [3.63, 3.8) is 0 Å². The zero-order chi connectivity index (χ0) is 17.1. The van der Waals surface area contributed by atoms with Gasteiger partial charge in [0.15, 0.2) is 0 Å². The zero-order valence-electron chi connectivity index (χ0n) is 14.5. The smallest absolute Gasteiger partial charge is 0.225 e. The van der Waals surface area contributed by atoms with Crippen LogP contribution in [0.1, 0.15) is 30.9 Å². The van der Waals surface area contributed by atoms with E-state index in [9.17, 15) is 4.79 Å². The van der Waals surface area contributed by atoms with Crippen LogP contribution < -0.4 is 0 Å². The van der Waals surface area contributed by atoms with Crippen LogP contribution in [-0.2, 0) is 11.3 Å². The summed E-state index contributed by atoms with van der Waals surface area (Å²) in [6, 6.07) is 11.0. The van der Waals surface area contributed by atoms with E-state index in [1.807, 2.05) is 4.57 Å². The minimum absolute atomic E-state index is 0.174. The van der Waals surface area contributed by atoms with Gasteiger partial charge in [-0.05, 0) is 24.8 Å². The number of nitrogens with zero attached hydrogens (tertiary/aromatic N) is 5. The van der Waals surface area contributed by atoms with Crippen molar-refractivity contribution in [3.8, 4) is 0 Å². The molecule has 132 valence electrons. The van der Waals surface area contributed by atoms with Crippen molar-refractivity contribution in [1.82, 2.24) is 24.6 Å². The topological polar surface area (TPSA) is 54.3 Å². The van der Waals surface area contributed by atoms with Crippen LogP contribution in [0.25, 0.3) is 0 Å². The molecular weight excluding hydrogens is 314 g/mol. The maximum absolute atomic E-state index is 12.8. The summed E-state index contributed by atoms with van der Waals surface area (Å²) in [6.45, 7) is 4.73. The van der Waals surface area contributed by atoms with E-state index in [1.165, 1.54) is 5.56 Å². The third kappa shape index (κ3) is 3.74. The third-order valence-electron chi connectivity index (χ3n) is 5.47. The minimum Gasteiger partial charge on any atom is -0.341 e. The monoisotopic (exact) mass is 339 g/mol. The number of benzene rings is 1. The Morgan fingerprint density at radius 1 is 1.00 bits per heavy atom. The van der Waals surface area contributed by atoms with E-state index in [0.717, 1.165) is 52.0 Å². The van der Waals surface area contributed by atoms with Crippen molar-refractivity contribution < 1.29 is 4.79 Å². The summed E-state index contributed by atoms with van der Waals surface area (Å²) in [5.41, 5.74) is 1.35. The van der Waals surface area contributed by atoms with Gasteiger partial charge in [-0.3, -0.25) is 9.69 Å². The van der Waals surface area contributed by atoms with Crippen LogP contribution in [0.2, 0.25) is 0 Å². The molecule has 2 aromatic rings. The molecule has 1 aliphatic heterocycles. The van der Waals surface area contributed by atoms with Crippen molar-refractivity contribution in [3.05, 3.63) is 48.5 Å². The van der Waals surface area contributed by atoms with E-state index in [0.29, 0.717) is 11.9 Å². The highest BCUT2D eigenvalue weighted by molar-refractivity contribution is 5.79. The predicted molar refractivity (Wildman–Crippen MR) is 94.7 cm³/mol. The lowest BCUT2D eigenvalue weighted by molar-refractivity contribution is -0.139. The Hall–Kier alpha value is -2.21. The van der Waals surface area contributed by atoms with Gasteiger partial charge in [-0.1, -0.05) is 30.3 Å². The molecule has 0 unspecified atom stereocenters. The quantitative estimate of drug-likeness (QED) is 0.854. The number of rotatable bonds is 4. The van der Waals surface area contributed by atoms with Gasteiger partial charge < -0.3 is 9.47 Å². The van der Waals surface area contributed by atoms with Gasteiger partial charge in [0.25, 0.3) is 0 Å². The molecule has 0 atom stereocenters. The standard InChI is InChI=1S/C19H25N5O/c25-19(17-11-18(12-17)24-14-20-21-15-24)23-8-4-7-22(9-10-23)13-16-5-2-1-3-6-16/h1-3,5-6,14-15,17-18H,4,7-13H2. The lowest BCUT2D eigenvalue weighted by Crippen LogP contribution is -2.43. The molecule has 0 bridgehead atoms. The Morgan fingerprint density at radius 2 is 1.76 bits per heavy atom. The highest BCUT2D eigenvalue weighted by Crippen LogP contribution is 2.38. The number of hydrogen-bond acceptors (Lipinski definition) is 4. The maximum atomic E-state index is 12.8. The predicted octanol–water partition coefficient (Wildman–Crippen LogP) is 1.96. The summed E-state index contributed by atoms with van der Waals surface area (Å²) in [4.78, 5) is 17.3. The van der Waals surface area contributed by atoms with Crippen LogP contribution in [0.15, 0.2) is 43.0 Å². The molecule has 6 nitrogen and oxygen atoms in total. The molecule has 1 aromatic heterocycles. The van der Waals surface area contributed by atoms with E-state index in [1.54, 1.807) is 12.7 Å². The summed E-state index contributed by atoms with van der Waals surface area (Å²) in [5.74, 6) is 0.513. The van der Waals surface area contributed by atoms with Crippen LogP contribution in [0, 0.1) is 5.92 Å². The van der Waals surface area contributed by atoms with Crippen LogP contribution in [0.5, 0.6) is 0 Å². The lowest BCUT2D eigenvalue weighted by atomic mass is 9.79. The highest BCUT2D eigenvalue weighted by Gasteiger charge is 2.38. The summed E-state index contributed by atoms with van der Waals surface area (Å²) < 4.78 is 2.02. The molecule has 2 heterocycles. The fourth-order valence-corrected chi connectivity index (χ4v) is 3.88. The number of aromatic nitrogens is 3. The normalized spacial score (nSPS) is 24.6. The second-order valence-electron chi connectivity index (χ2n) is 7.17. The molecule has 2 fully saturated rings. The van der Waals surface area contributed by atoms with E-state index in [4.69, 9.17) is 0 Å². The molecule has 0 spiro atoms. The van der Waals surface area contributed by atoms with Crippen molar-refractivity contribution in [2.45, 2.75) is 31.8 Å². The molecule has 0 N–H and O–H groups in total. The molecule has 1 aliphatic carbocycles. The SMILES string of the molecule is O=C(C1CC(n2cnnc2)C1)N1CCCN(Cc2ccccc2)CC1. The molecular formula is C19H25N5O. The molecule has 1 aromatic carbocycles. The molecule has 1 amide bonds. The molecule has 4 rings (SSSR count). The molecule has 1 saturated heterocycles. The average Bonchev–Trinajstić information content (AvgIpc) is 3.01. The van der Waals surface area contributed by atoms with Gasteiger partial charge in [0.05, 0.1) is 0 Å². The third-order valence-corrected chi connectivity index (χ3v) is 5.47. The van der Waals surface area contributed by atoms with E-state index >= 15 is 0 Å². The first-order valence-electron chi connectivity index (χ1n) is 9.19. The first-order valence-corrected chi connectivity index (χ1v) is 9.19. The summed E-state index contributed by atoms with van der Waals surface area (Å²) in [5, 5.41) is 7.70. The molecule has 2 aliphatic rings. The minimum atomic E-state index is 0.174. The number of carbonyl (C=O) groups is 1. The first-order chi connectivity index (χ1) is 12.3. The largest absolute Gasteiger partial charge is 0.341 e. The Bertz CT molecular complexity index is 681. The first kappa shape index (κ1) is 16.3. The van der Waals surface area contributed by atoms with Crippen LogP contribution >= 0.6 is 0 Å². The lowest BCUT2D eigenvalue weighted by Gasteiger charge is -2.37. The number of amides is 1. The fourth-order valence-electron chi connectivity index (χ4n) is 3.88. The average molecular weight is 339 g/mol. The second kappa shape index (κ2) is 7.35. The van der Waals surface area contributed by atoms with Gasteiger partial charge in [0.1, 0.15) is 12.7 Å². The van der Waals surface area contributed by atoms with Crippen molar-refractivity contribution in [2.24, 2.45) is 5.92 Å². The molecule has 25 heavy (non-hydrogen) atoms. The Kier molecular flexibility index (Phi) is 4.78. The van der Waals surface area contributed by atoms with Crippen LogP contribution in [-0.4, -0.2) is 56.7 Å². The molecule has 1 saturated carbocycles. The van der Waals surface area contributed by atoms with Gasteiger partial charge in [-0.15, -0.1) is 10.2 Å². The Labute approximate surface area is 148 Å².